The van der Waals surface area contributed by atoms with Crippen LogP contribution in [0.3, 0.4) is 0 Å². The Bertz CT molecular complexity index is 1350. The fourth-order valence-electron chi connectivity index (χ4n) is 6.03. The van der Waals surface area contributed by atoms with E-state index in [0.29, 0.717) is 31.6 Å². The number of nitrogens with zero attached hydrogens (tertiary/aromatic N) is 4. The zero-order valence-electron chi connectivity index (χ0n) is 23.7. The lowest BCUT2D eigenvalue weighted by molar-refractivity contribution is -0.384. The average Bonchev–Trinajstić information content (AvgIpc) is 3.47. The van der Waals surface area contributed by atoms with Gasteiger partial charge in [-0.1, -0.05) is 42.5 Å². The Kier molecular flexibility index (Phi) is 9.55. The minimum atomic E-state index is -0.616. The van der Waals surface area contributed by atoms with Crippen LogP contribution >= 0.6 is 0 Å². The summed E-state index contributed by atoms with van der Waals surface area (Å²) in [4.78, 5) is 46.3. The number of benzene rings is 2. The number of pyridine rings is 1. The van der Waals surface area contributed by atoms with Crippen molar-refractivity contribution in [3.05, 3.63) is 106 Å². The van der Waals surface area contributed by atoms with E-state index >= 15 is 0 Å². The highest BCUT2D eigenvalue weighted by Crippen LogP contribution is 2.28. The van der Waals surface area contributed by atoms with E-state index in [-0.39, 0.29) is 35.6 Å². The maximum absolute atomic E-state index is 13.7. The number of non-ortho nitro benzene ring substituents is 1. The summed E-state index contributed by atoms with van der Waals surface area (Å²) in [5, 5.41) is 14.4. The lowest BCUT2D eigenvalue weighted by Gasteiger charge is -2.30. The minimum Gasteiger partial charge on any atom is -0.352 e. The molecule has 2 aromatic carbocycles. The molecule has 3 aromatic rings. The van der Waals surface area contributed by atoms with E-state index in [2.05, 4.69) is 27.3 Å². The number of rotatable bonds is 10. The molecule has 0 bridgehead atoms. The molecule has 2 heterocycles. The summed E-state index contributed by atoms with van der Waals surface area (Å²) in [5.41, 5.74) is 8.70. The Morgan fingerprint density at radius 2 is 1.74 bits per heavy atom. The first-order valence-electron chi connectivity index (χ1n) is 14.7. The standard InChI is InChI=1S/C32H38N6O4/c33-26-10-12-27(13-11-26)35-31(39)30-19-29(22-37(30)32(40)25-7-4-17-34-20-25)36(18-16-23-5-2-1-3-6-23)21-24-8-14-28(15-9-24)38(41)42/h1-9,14-15,17,20,26-27,29-30H,10-13,16,18-19,21-22,33H2,(H,35,39). The second kappa shape index (κ2) is 13.7. The highest BCUT2D eigenvalue weighted by molar-refractivity contribution is 5.97. The van der Waals surface area contributed by atoms with Crippen molar-refractivity contribution in [1.82, 2.24) is 20.1 Å². The SMILES string of the molecule is NC1CCC(NC(=O)C2CC(N(CCc3ccccc3)Cc3ccc([N+](=O)[O-])cc3)CN2C(=O)c2cccnc2)CC1. The van der Waals surface area contributed by atoms with E-state index in [1.54, 1.807) is 35.4 Å². The molecule has 10 heteroatoms. The molecule has 0 radical (unpaired) electrons. The maximum Gasteiger partial charge on any atom is 0.269 e. The zero-order chi connectivity index (χ0) is 29.5. The van der Waals surface area contributed by atoms with Crippen LogP contribution in [0.4, 0.5) is 5.69 Å². The summed E-state index contributed by atoms with van der Waals surface area (Å²) < 4.78 is 0. The van der Waals surface area contributed by atoms with Crippen molar-refractivity contribution in [3.63, 3.8) is 0 Å². The number of carbonyl (C=O) groups is 2. The molecule has 3 N–H and O–H groups in total. The number of hydrogen-bond donors (Lipinski definition) is 2. The number of nitrogens with one attached hydrogen (secondary N) is 1. The molecular weight excluding hydrogens is 532 g/mol. The van der Waals surface area contributed by atoms with Crippen LogP contribution in [-0.2, 0) is 17.8 Å². The van der Waals surface area contributed by atoms with Crippen molar-refractivity contribution in [3.8, 4) is 0 Å². The number of aromatic nitrogens is 1. The number of carbonyl (C=O) groups excluding carboxylic acids is 2. The molecule has 2 amide bonds. The van der Waals surface area contributed by atoms with Crippen LogP contribution in [0.1, 0.15) is 53.6 Å². The van der Waals surface area contributed by atoms with E-state index < -0.39 is 11.0 Å². The Labute approximate surface area is 246 Å². The molecule has 1 aliphatic carbocycles. The lowest BCUT2D eigenvalue weighted by Crippen LogP contribution is -2.50. The number of amides is 2. The molecule has 2 aliphatic rings. The first kappa shape index (κ1) is 29.3. The summed E-state index contributed by atoms with van der Waals surface area (Å²) in [5.74, 6) is -0.344. The highest BCUT2D eigenvalue weighted by Gasteiger charge is 2.42. The molecule has 1 aliphatic heterocycles. The van der Waals surface area contributed by atoms with Gasteiger partial charge in [-0.25, -0.2) is 0 Å². The van der Waals surface area contributed by atoms with Crippen LogP contribution < -0.4 is 11.1 Å². The second-order valence-corrected chi connectivity index (χ2v) is 11.4. The molecular formula is C32H38N6O4. The van der Waals surface area contributed by atoms with Crippen molar-refractivity contribution >= 4 is 17.5 Å². The Morgan fingerprint density at radius 3 is 2.40 bits per heavy atom. The Balaban J connectivity index is 1.38. The topological polar surface area (TPSA) is 135 Å². The van der Waals surface area contributed by atoms with Gasteiger partial charge >= 0.3 is 0 Å². The van der Waals surface area contributed by atoms with Crippen molar-refractivity contribution in [1.29, 1.82) is 0 Å². The van der Waals surface area contributed by atoms with Gasteiger partial charge in [0.2, 0.25) is 5.91 Å². The quantitative estimate of drug-likeness (QED) is 0.280. The summed E-state index contributed by atoms with van der Waals surface area (Å²) in [6.07, 6.45) is 7.87. The number of nitrogens with two attached hydrogens (primary N) is 1. The average molecular weight is 571 g/mol. The molecule has 2 fully saturated rings. The van der Waals surface area contributed by atoms with E-state index in [9.17, 15) is 19.7 Å². The monoisotopic (exact) mass is 570 g/mol. The maximum atomic E-state index is 13.7. The smallest absolute Gasteiger partial charge is 0.269 e. The fourth-order valence-corrected chi connectivity index (χ4v) is 6.03. The van der Waals surface area contributed by atoms with Gasteiger partial charge in [0.05, 0.1) is 10.5 Å². The summed E-state index contributed by atoms with van der Waals surface area (Å²) in [6.45, 7) is 1.64. The normalized spacial score (nSPS) is 22.2. The van der Waals surface area contributed by atoms with Crippen LogP contribution in [0, 0.1) is 10.1 Å². The number of hydrogen-bond acceptors (Lipinski definition) is 7. The third-order valence-corrected chi connectivity index (χ3v) is 8.45. The van der Waals surface area contributed by atoms with Crippen molar-refractivity contribution in [2.75, 3.05) is 13.1 Å². The van der Waals surface area contributed by atoms with Gasteiger partial charge in [-0.05, 0) is 61.8 Å². The second-order valence-electron chi connectivity index (χ2n) is 11.4. The van der Waals surface area contributed by atoms with Crippen molar-refractivity contribution in [2.24, 2.45) is 5.73 Å². The fraction of sp³-hybridized carbons (Fsp3) is 0.406. The molecule has 5 rings (SSSR count). The Morgan fingerprint density at radius 1 is 1.00 bits per heavy atom. The van der Waals surface area contributed by atoms with E-state index in [4.69, 9.17) is 5.73 Å². The van der Waals surface area contributed by atoms with Gasteiger partial charge in [0.15, 0.2) is 0 Å². The van der Waals surface area contributed by atoms with Gasteiger partial charge in [0.25, 0.3) is 11.6 Å². The summed E-state index contributed by atoms with van der Waals surface area (Å²) in [7, 11) is 0. The molecule has 1 aromatic heterocycles. The third-order valence-electron chi connectivity index (χ3n) is 8.45. The van der Waals surface area contributed by atoms with E-state index in [1.165, 1.54) is 23.9 Å². The molecule has 2 unspecified atom stereocenters. The van der Waals surface area contributed by atoms with Crippen molar-refractivity contribution in [2.45, 2.75) is 69.2 Å². The van der Waals surface area contributed by atoms with Gasteiger partial charge < -0.3 is 16.0 Å². The summed E-state index contributed by atoms with van der Waals surface area (Å²) >= 11 is 0. The molecule has 42 heavy (non-hydrogen) atoms. The van der Waals surface area contributed by atoms with Crippen LogP contribution in [0.25, 0.3) is 0 Å². The first-order chi connectivity index (χ1) is 20.4. The van der Waals surface area contributed by atoms with Gasteiger partial charge in [0, 0.05) is 62.3 Å². The van der Waals surface area contributed by atoms with Gasteiger partial charge in [-0.2, -0.15) is 0 Å². The zero-order valence-corrected chi connectivity index (χ0v) is 23.7. The molecule has 1 saturated carbocycles. The lowest BCUT2D eigenvalue weighted by atomic mass is 9.91. The van der Waals surface area contributed by atoms with Crippen LogP contribution in [0.15, 0.2) is 79.1 Å². The van der Waals surface area contributed by atoms with Crippen LogP contribution in [0.5, 0.6) is 0 Å². The highest BCUT2D eigenvalue weighted by atomic mass is 16.6. The van der Waals surface area contributed by atoms with Crippen LogP contribution in [0.2, 0.25) is 0 Å². The van der Waals surface area contributed by atoms with Crippen LogP contribution in [-0.4, -0.2) is 68.8 Å². The van der Waals surface area contributed by atoms with Gasteiger partial charge in [-0.3, -0.25) is 29.6 Å². The molecule has 2 atom stereocenters. The number of nitro groups is 1. The molecule has 10 nitrogen and oxygen atoms in total. The summed E-state index contributed by atoms with van der Waals surface area (Å²) in [6, 6.07) is 19.8. The van der Waals surface area contributed by atoms with Gasteiger partial charge in [-0.15, -0.1) is 0 Å². The van der Waals surface area contributed by atoms with Gasteiger partial charge in [0.1, 0.15) is 6.04 Å². The number of likely N-dealkylation sites (tertiary alicyclic amines) is 1. The minimum absolute atomic E-state index is 0.0455. The predicted octanol–water partition coefficient (Wildman–Crippen LogP) is 3.70. The first-order valence-corrected chi connectivity index (χ1v) is 14.7. The largest absolute Gasteiger partial charge is 0.352 e. The number of nitro benzene ring substituents is 1. The molecule has 1 saturated heterocycles. The molecule has 0 spiro atoms. The van der Waals surface area contributed by atoms with Crippen molar-refractivity contribution < 1.29 is 14.5 Å². The predicted molar refractivity (Wildman–Crippen MR) is 159 cm³/mol. The van der Waals surface area contributed by atoms with E-state index in [1.807, 2.05) is 18.2 Å². The Hall–Kier alpha value is -4.15. The van der Waals surface area contributed by atoms with E-state index in [0.717, 1.165) is 37.7 Å². The molecule has 220 valence electrons. The third kappa shape index (κ3) is 7.37.